The van der Waals surface area contributed by atoms with Crippen molar-refractivity contribution in [2.24, 2.45) is 0 Å². The van der Waals surface area contributed by atoms with Crippen LogP contribution in [0, 0.1) is 0 Å². The van der Waals surface area contributed by atoms with Crippen LogP contribution >= 0.6 is 0 Å². The Bertz CT molecular complexity index is 716. The Morgan fingerprint density at radius 3 is 2.35 bits per heavy atom. The fourth-order valence-corrected chi connectivity index (χ4v) is 4.28. The number of ether oxygens (including phenoxy) is 1. The van der Waals surface area contributed by atoms with Crippen LogP contribution in [0.1, 0.15) is 12.0 Å². The Kier molecular flexibility index (Phi) is 5.10. The molecule has 0 radical (unpaired) electrons. The summed E-state index contributed by atoms with van der Waals surface area (Å²) in [7, 11) is -3.42. The summed E-state index contributed by atoms with van der Waals surface area (Å²) in [6, 6.07) is 18.8. The van der Waals surface area contributed by atoms with Gasteiger partial charge in [-0.1, -0.05) is 48.5 Å². The molecule has 0 N–H and O–H groups in total. The van der Waals surface area contributed by atoms with Gasteiger partial charge in [0.25, 0.3) is 0 Å². The SMILES string of the molecule is O=S(=O)(c1ccccc1)N1CCOC(CCc2ccccc2)C1. The lowest BCUT2D eigenvalue weighted by molar-refractivity contribution is -0.00526. The molecule has 1 heterocycles. The lowest BCUT2D eigenvalue weighted by atomic mass is 10.1. The van der Waals surface area contributed by atoms with Crippen molar-refractivity contribution >= 4 is 10.0 Å². The van der Waals surface area contributed by atoms with E-state index in [0.717, 1.165) is 12.8 Å². The van der Waals surface area contributed by atoms with E-state index in [4.69, 9.17) is 4.74 Å². The molecule has 23 heavy (non-hydrogen) atoms. The Morgan fingerprint density at radius 2 is 1.65 bits per heavy atom. The van der Waals surface area contributed by atoms with Gasteiger partial charge >= 0.3 is 0 Å². The van der Waals surface area contributed by atoms with Crippen LogP contribution in [0.2, 0.25) is 0 Å². The summed E-state index contributed by atoms with van der Waals surface area (Å²) in [6.45, 7) is 1.29. The molecule has 0 saturated carbocycles. The third kappa shape index (κ3) is 3.99. The number of hydrogen-bond donors (Lipinski definition) is 0. The predicted octanol–water partition coefficient (Wildman–Crippen LogP) is 2.71. The van der Waals surface area contributed by atoms with Gasteiger partial charge in [0.1, 0.15) is 0 Å². The van der Waals surface area contributed by atoms with Crippen molar-refractivity contribution in [3.63, 3.8) is 0 Å². The van der Waals surface area contributed by atoms with Gasteiger partial charge in [0.15, 0.2) is 0 Å². The first-order chi connectivity index (χ1) is 11.2. The standard InChI is InChI=1S/C18H21NO3S/c20-23(21,18-9-5-2-6-10-18)19-13-14-22-17(15-19)12-11-16-7-3-1-4-8-16/h1-10,17H,11-15H2. The topological polar surface area (TPSA) is 46.6 Å². The van der Waals surface area contributed by atoms with E-state index in [1.807, 2.05) is 24.3 Å². The molecule has 0 spiro atoms. The zero-order chi connectivity index (χ0) is 16.1. The van der Waals surface area contributed by atoms with E-state index in [0.29, 0.717) is 24.6 Å². The molecule has 5 heteroatoms. The van der Waals surface area contributed by atoms with Gasteiger partial charge in [-0.3, -0.25) is 0 Å². The van der Waals surface area contributed by atoms with Crippen LogP contribution in [0.15, 0.2) is 65.6 Å². The fourth-order valence-electron chi connectivity index (χ4n) is 2.80. The highest BCUT2D eigenvalue weighted by Gasteiger charge is 2.30. The van der Waals surface area contributed by atoms with E-state index in [1.54, 1.807) is 28.6 Å². The molecular formula is C18H21NO3S. The van der Waals surface area contributed by atoms with Crippen LogP contribution in [0.5, 0.6) is 0 Å². The maximum Gasteiger partial charge on any atom is 0.243 e. The van der Waals surface area contributed by atoms with E-state index in [2.05, 4.69) is 12.1 Å². The summed E-state index contributed by atoms with van der Waals surface area (Å²) in [4.78, 5) is 0.351. The fraction of sp³-hybridized carbons (Fsp3) is 0.333. The maximum absolute atomic E-state index is 12.7. The number of nitrogens with zero attached hydrogens (tertiary/aromatic N) is 1. The minimum atomic E-state index is -3.42. The van der Waals surface area contributed by atoms with Crippen LogP contribution in [0.4, 0.5) is 0 Å². The lowest BCUT2D eigenvalue weighted by Crippen LogP contribution is -2.45. The monoisotopic (exact) mass is 331 g/mol. The summed E-state index contributed by atoms with van der Waals surface area (Å²) in [6.07, 6.45) is 1.66. The number of morpholine rings is 1. The number of aryl methyl sites for hydroxylation is 1. The average Bonchev–Trinajstić information content (AvgIpc) is 2.62. The molecule has 0 aromatic heterocycles. The molecule has 2 aromatic rings. The van der Waals surface area contributed by atoms with E-state index in [-0.39, 0.29) is 6.10 Å². The highest BCUT2D eigenvalue weighted by molar-refractivity contribution is 7.89. The summed E-state index contributed by atoms with van der Waals surface area (Å²) in [5.74, 6) is 0. The Labute approximate surface area is 137 Å². The lowest BCUT2D eigenvalue weighted by Gasteiger charge is -2.32. The zero-order valence-corrected chi connectivity index (χ0v) is 13.8. The number of rotatable bonds is 5. The molecule has 122 valence electrons. The Morgan fingerprint density at radius 1 is 1.00 bits per heavy atom. The van der Waals surface area contributed by atoms with Gasteiger partial charge in [0, 0.05) is 13.1 Å². The van der Waals surface area contributed by atoms with Crippen molar-refractivity contribution in [1.82, 2.24) is 4.31 Å². The second kappa shape index (κ2) is 7.25. The molecule has 1 aliphatic heterocycles. The smallest absolute Gasteiger partial charge is 0.243 e. The van der Waals surface area contributed by atoms with E-state index >= 15 is 0 Å². The first-order valence-corrected chi connectivity index (χ1v) is 9.31. The molecule has 3 rings (SSSR count). The summed E-state index contributed by atoms with van der Waals surface area (Å²) < 4.78 is 32.7. The third-order valence-electron chi connectivity index (χ3n) is 4.08. The molecule has 2 aromatic carbocycles. The molecule has 1 aliphatic rings. The number of benzene rings is 2. The molecule has 0 aliphatic carbocycles. The van der Waals surface area contributed by atoms with E-state index in [9.17, 15) is 8.42 Å². The van der Waals surface area contributed by atoms with Crippen molar-refractivity contribution in [2.75, 3.05) is 19.7 Å². The molecule has 1 fully saturated rings. The van der Waals surface area contributed by atoms with Crippen molar-refractivity contribution in [3.05, 3.63) is 66.2 Å². The van der Waals surface area contributed by atoms with Crippen molar-refractivity contribution in [3.8, 4) is 0 Å². The zero-order valence-electron chi connectivity index (χ0n) is 13.0. The summed E-state index contributed by atoms with van der Waals surface area (Å²) in [5, 5.41) is 0. The van der Waals surface area contributed by atoms with Crippen LogP contribution in [0.25, 0.3) is 0 Å². The normalized spacial score (nSPS) is 19.6. The predicted molar refractivity (Wildman–Crippen MR) is 89.7 cm³/mol. The van der Waals surface area contributed by atoms with Gasteiger partial charge in [-0.2, -0.15) is 4.31 Å². The average molecular weight is 331 g/mol. The minimum absolute atomic E-state index is 0.0533. The van der Waals surface area contributed by atoms with Crippen LogP contribution in [-0.4, -0.2) is 38.5 Å². The van der Waals surface area contributed by atoms with E-state index < -0.39 is 10.0 Å². The molecule has 0 amide bonds. The van der Waals surface area contributed by atoms with Crippen molar-refractivity contribution in [2.45, 2.75) is 23.8 Å². The van der Waals surface area contributed by atoms with Gasteiger partial charge < -0.3 is 4.74 Å². The largest absolute Gasteiger partial charge is 0.375 e. The van der Waals surface area contributed by atoms with Gasteiger partial charge in [0.2, 0.25) is 10.0 Å². The van der Waals surface area contributed by atoms with Gasteiger partial charge in [-0.05, 0) is 30.5 Å². The molecule has 1 saturated heterocycles. The number of hydrogen-bond acceptors (Lipinski definition) is 3. The van der Waals surface area contributed by atoms with Crippen molar-refractivity contribution in [1.29, 1.82) is 0 Å². The first-order valence-electron chi connectivity index (χ1n) is 7.87. The van der Waals surface area contributed by atoms with Crippen LogP contribution < -0.4 is 0 Å². The van der Waals surface area contributed by atoms with Gasteiger partial charge in [-0.15, -0.1) is 0 Å². The molecular weight excluding hydrogens is 310 g/mol. The van der Waals surface area contributed by atoms with Gasteiger partial charge in [0.05, 0.1) is 17.6 Å². The van der Waals surface area contributed by atoms with Crippen molar-refractivity contribution < 1.29 is 13.2 Å². The maximum atomic E-state index is 12.7. The summed E-state index contributed by atoms with van der Waals surface area (Å²) in [5.41, 5.74) is 1.25. The second-order valence-electron chi connectivity index (χ2n) is 5.69. The molecule has 0 bridgehead atoms. The highest BCUT2D eigenvalue weighted by atomic mass is 32.2. The first kappa shape index (κ1) is 16.2. The minimum Gasteiger partial charge on any atom is -0.375 e. The van der Waals surface area contributed by atoms with Crippen LogP contribution in [-0.2, 0) is 21.2 Å². The van der Waals surface area contributed by atoms with E-state index in [1.165, 1.54) is 5.56 Å². The van der Waals surface area contributed by atoms with Gasteiger partial charge in [-0.25, -0.2) is 8.42 Å². The molecule has 1 unspecified atom stereocenters. The van der Waals surface area contributed by atoms with Crippen LogP contribution in [0.3, 0.4) is 0 Å². The Balaban J connectivity index is 1.64. The molecule has 1 atom stereocenters. The highest BCUT2D eigenvalue weighted by Crippen LogP contribution is 2.20. The second-order valence-corrected chi connectivity index (χ2v) is 7.63. The summed E-state index contributed by atoms with van der Waals surface area (Å²) >= 11 is 0. The Hall–Kier alpha value is -1.69. The quantitative estimate of drug-likeness (QED) is 0.846. The third-order valence-corrected chi connectivity index (χ3v) is 5.96. The molecule has 4 nitrogen and oxygen atoms in total. The number of sulfonamides is 1.